The molecule has 29 heavy (non-hydrogen) atoms. The van der Waals surface area contributed by atoms with Crippen LogP contribution in [0.3, 0.4) is 0 Å². The van der Waals surface area contributed by atoms with Gasteiger partial charge >= 0.3 is 0 Å². The van der Waals surface area contributed by atoms with Crippen molar-refractivity contribution in [3.63, 3.8) is 0 Å². The van der Waals surface area contributed by atoms with E-state index >= 15 is 0 Å². The van der Waals surface area contributed by atoms with E-state index in [2.05, 4.69) is 46.0 Å². The van der Waals surface area contributed by atoms with E-state index in [1.807, 2.05) is 0 Å². The molecule has 0 spiro atoms. The van der Waals surface area contributed by atoms with Gasteiger partial charge < -0.3 is 19.1 Å². The highest BCUT2D eigenvalue weighted by atomic mass is 16.7. The molecule has 1 aromatic heterocycles. The highest BCUT2D eigenvalue weighted by molar-refractivity contribution is 5.98. The Bertz CT molecular complexity index is 1120. The summed E-state index contributed by atoms with van der Waals surface area (Å²) in [6.07, 6.45) is 7.14. The zero-order chi connectivity index (χ0) is 19.4. The normalized spacial score (nSPS) is 17.2. The van der Waals surface area contributed by atoms with Crippen LogP contribution >= 0.6 is 0 Å². The van der Waals surface area contributed by atoms with E-state index < -0.39 is 0 Å². The monoisotopic (exact) mass is 389 g/mol. The molecule has 3 aliphatic heterocycles. The van der Waals surface area contributed by atoms with Gasteiger partial charge in [-0.25, -0.2) is 0 Å². The van der Waals surface area contributed by atoms with Crippen LogP contribution in [-0.2, 0) is 13.0 Å². The molecule has 3 aliphatic rings. The minimum atomic E-state index is 0.314. The Kier molecular flexibility index (Phi) is 3.83. The van der Waals surface area contributed by atoms with Gasteiger partial charge in [-0.2, -0.15) is 4.57 Å². The summed E-state index contributed by atoms with van der Waals surface area (Å²) in [5.74, 6) is 2.69. The molecule has 2 aromatic carbocycles. The number of rotatable bonds is 2. The summed E-state index contributed by atoms with van der Waals surface area (Å²) in [7, 11) is 1.78. The van der Waals surface area contributed by atoms with Crippen molar-refractivity contribution in [2.75, 3.05) is 31.9 Å². The van der Waals surface area contributed by atoms with Crippen molar-refractivity contribution in [2.45, 2.75) is 32.2 Å². The van der Waals surface area contributed by atoms with E-state index in [-0.39, 0.29) is 0 Å². The Labute approximate surface area is 170 Å². The lowest BCUT2D eigenvalue weighted by molar-refractivity contribution is -0.686. The molecule has 5 heteroatoms. The Balaban J connectivity index is 1.54. The van der Waals surface area contributed by atoms with E-state index in [9.17, 15) is 0 Å². The van der Waals surface area contributed by atoms with Crippen LogP contribution in [0, 0.1) is 0 Å². The van der Waals surface area contributed by atoms with Crippen molar-refractivity contribution in [3.05, 3.63) is 42.1 Å². The molecule has 0 unspecified atom stereocenters. The van der Waals surface area contributed by atoms with Crippen LogP contribution in [0.25, 0.3) is 22.0 Å². The van der Waals surface area contributed by atoms with Gasteiger partial charge in [0.1, 0.15) is 5.75 Å². The van der Waals surface area contributed by atoms with Crippen LogP contribution in [-0.4, -0.2) is 27.0 Å². The summed E-state index contributed by atoms with van der Waals surface area (Å²) in [6.45, 7) is 3.48. The predicted octanol–water partition coefficient (Wildman–Crippen LogP) is 4.08. The van der Waals surface area contributed by atoms with Crippen LogP contribution < -0.4 is 23.7 Å². The van der Waals surface area contributed by atoms with E-state index in [4.69, 9.17) is 14.2 Å². The molecule has 5 nitrogen and oxygen atoms in total. The van der Waals surface area contributed by atoms with E-state index in [0.29, 0.717) is 6.79 Å². The standard InChI is InChI=1S/C24H25N2O3/c1-27-21-6-5-16-11-20-18-13-23-22(28-15-29-23)12-17(18)7-10-26(20)14-19(16)24(21)25-8-3-2-4-9-25/h5-6,11-14H,2-4,7-10,15H2,1H3/q+1. The van der Waals surface area contributed by atoms with Crippen molar-refractivity contribution >= 4 is 16.5 Å². The Morgan fingerprint density at radius 2 is 1.83 bits per heavy atom. The van der Waals surface area contributed by atoms with Crippen molar-refractivity contribution in [1.29, 1.82) is 0 Å². The van der Waals surface area contributed by atoms with Crippen molar-refractivity contribution in [3.8, 4) is 28.5 Å². The van der Waals surface area contributed by atoms with Crippen LogP contribution in [0.15, 0.2) is 36.5 Å². The third-order valence-corrected chi connectivity index (χ3v) is 6.49. The first-order chi connectivity index (χ1) is 14.3. The minimum absolute atomic E-state index is 0.314. The Morgan fingerprint density at radius 1 is 1.00 bits per heavy atom. The molecular formula is C24H25N2O3+. The predicted molar refractivity (Wildman–Crippen MR) is 112 cm³/mol. The molecule has 0 atom stereocenters. The lowest BCUT2D eigenvalue weighted by Crippen LogP contribution is -2.40. The number of piperidine rings is 1. The number of aromatic nitrogens is 1. The molecule has 3 aromatic rings. The highest BCUT2D eigenvalue weighted by Gasteiger charge is 2.29. The van der Waals surface area contributed by atoms with Gasteiger partial charge in [0.2, 0.25) is 12.5 Å². The lowest BCUT2D eigenvalue weighted by Gasteiger charge is -2.31. The summed E-state index contributed by atoms with van der Waals surface area (Å²) in [4.78, 5) is 2.51. The zero-order valence-corrected chi connectivity index (χ0v) is 16.7. The number of methoxy groups -OCH3 is 1. The number of ether oxygens (including phenoxy) is 3. The molecule has 0 N–H and O–H groups in total. The maximum Gasteiger partial charge on any atom is 0.231 e. The maximum atomic E-state index is 5.78. The van der Waals surface area contributed by atoms with Gasteiger partial charge in [-0.3, -0.25) is 0 Å². The molecule has 0 bridgehead atoms. The topological polar surface area (TPSA) is 34.8 Å². The Morgan fingerprint density at radius 3 is 2.66 bits per heavy atom. The van der Waals surface area contributed by atoms with Crippen LogP contribution in [0.1, 0.15) is 24.8 Å². The number of pyridine rings is 1. The highest BCUT2D eigenvalue weighted by Crippen LogP contribution is 2.42. The van der Waals surface area contributed by atoms with Gasteiger partial charge in [-0.1, -0.05) is 6.07 Å². The number of hydrogen-bond donors (Lipinski definition) is 0. The zero-order valence-electron chi connectivity index (χ0n) is 16.7. The third-order valence-electron chi connectivity index (χ3n) is 6.49. The largest absolute Gasteiger partial charge is 0.495 e. The van der Waals surface area contributed by atoms with E-state index in [0.717, 1.165) is 43.3 Å². The van der Waals surface area contributed by atoms with Crippen molar-refractivity contribution in [1.82, 2.24) is 0 Å². The maximum absolute atomic E-state index is 5.78. The van der Waals surface area contributed by atoms with Crippen LogP contribution in [0.4, 0.5) is 5.69 Å². The first-order valence-corrected chi connectivity index (χ1v) is 10.5. The summed E-state index contributed by atoms with van der Waals surface area (Å²) >= 11 is 0. The van der Waals surface area contributed by atoms with Crippen LogP contribution in [0.2, 0.25) is 0 Å². The average Bonchev–Trinajstić information content (AvgIpc) is 3.23. The summed E-state index contributed by atoms with van der Waals surface area (Å²) < 4.78 is 19.4. The fraction of sp³-hybridized carbons (Fsp3) is 0.375. The first kappa shape index (κ1) is 17.0. The first-order valence-electron chi connectivity index (χ1n) is 10.5. The molecular weight excluding hydrogens is 364 g/mol. The average molecular weight is 389 g/mol. The second-order valence-corrected chi connectivity index (χ2v) is 8.13. The van der Waals surface area contributed by atoms with Gasteiger partial charge in [0.15, 0.2) is 24.2 Å². The number of fused-ring (bicyclic) bond motifs is 5. The van der Waals surface area contributed by atoms with Gasteiger partial charge in [0.05, 0.1) is 23.7 Å². The molecule has 0 aliphatic carbocycles. The quantitative estimate of drug-likeness (QED) is 0.619. The second kappa shape index (κ2) is 6.55. The van der Waals surface area contributed by atoms with Crippen molar-refractivity contribution in [2.24, 2.45) is 0 Å². The molecule has 148 valence electrons. The lowest BCUT2D eigenvalue weighted by atomic mass is 9.94. The second-order valence-electron chi connectivity index (χ2n) is 8.13. The summed E-state index contributed by atoms with van der Waals surface area (Å²) in [5.41, 5.74) is 5.07. The fourth-order valence-corrected chi connectivity index (χ4v) is 5.02. The summed E-state index contributed by atoms with van der Waals surface area (Å²) in [5, 5.41) is 2.53. The van der Waals surface area contributed by atoms with Gasteiger partial charge in [0.25, 0.3) is 0 Å². The number of anilines is 1. The van der Waals surface area contributed by atoms with Crippen molar-refractivity contribution < 1.29 is 18.8 Å². The molecule has 1 saturated heterocycles. The van der Waals surface area contributed by atoms with E-state index in [1.165, 1.54) is 52.5 Å². The summed E-state index contributed by atoms with van der Waals surface area (Å²) in [6, 6.07) is 10.9. The molecule has 0 radical (unpaired) electrons. The van der Waals surface area contributed by atoms with Gasteiger partial charge in [-0.05, 0) is 48.4 Å². The number of aryl methyl sites for hydroxylation is 2. The number of hydrogen-bond acceptors (Lipinski definition) is 4. The minimum Gasteiger partial charge on any atom is -0.495 e. The van der Waals surface area contributed by atoms with Crippen LogP contribution in [0.5, 0.6) is 17.2 Å². The smallest absolute Gasteiger partial charge is 0.231 e. The third kappa shape index (κ3) is 2.64. The van der Waals surface area contributed by atoms with E-state index in [1.54, 1.807) is 7.11 Å². The molecule has 0 amide bonds. The molecule has 4 heterocycles. The van der Waals surface area contributed by atoms with Gasteiger partial charge in [-0.15, -0.1) is 0 Å². The van der Waals surface area contributed by atoms with Gasteiger partial charge in [0, 0.05) is 25.6 Å². The Hall–Kier alpha value is -2.95. The number of benzene rings is 2. The fourth-order valence-electron chi connectivity index (χ4n) is 5.02. The molecule has 0 saturated carbocycles. The number of nitrogens with zero attached hydrogens (tertiary/aromatic N) is 2. The molecule has 6 rings (SSSR count). The SMILES string of the molecule is COc1ccc2cc3[n+](cc2c1N1CCCCC1)CCc1cc2c(cc1-3)OCO2. The molecule has 1 fully saturated rings.